The fourth-order valence-electron chi connectivity index (χ4n) is 2.29. The highest BCUT2D eigenvalue weighted by molar-refractivity contribution is 5.98. The number of hydrogen-bond donors (Lipinski definition) is 2. The van der Waals surface area contributed by atoms with Crippen LogP contribution in [0.4, 0.5) is 0 Å². The highest BCUT2D eigenvalue weighted by Gasteiger charge is 2.26. The van der Waals surface area contributed by atoms with Gasteiger partial charge in [0, 0.05) is 35.6 Å². The average molecular weight is 295 g/mol. The number of pyridine rings is 1. The number of aromatic nitrogens is 3. The van der Waals surface area contributed by atoms with Crippen molar-refractivity contribution < 1.29 is 4.79 Å². The van der Waals surface area contributed by atoms with E-state index in [1.54, 1.807) is 24.7 Å². The molecule has 1 amide bonds. The van der Waals surface area contributed by atoms with Crippen LogP contribution in [-0.4, -0.2) is 20.9 Å². The van der Waals surface area contributed by atoms with Gasteiger partial charge >= 0.3 is 0 Å². The predicted octanol–water partition coefficient (Wildman–Crippen LogP) is 1.75. The van der Waals surface area contributed by atoms with Gasteiger partial charge in [-0.15, -0.1) is 6.58 Å². The van der Waals surface area contributed by atoms with E-state index in [1.807, 2.05) is 6.07 Å². The minimum atomic E-state index is -0.438. The van der Waals surface area contributed by atoms with Crippen LogP contribution in [0.15, 0.2) is 37.3 Å². The van der Waals surface area contributed by atoms with Gasteiger partial charge in [0.25, 0.3) is 5.91 Å². The Balaban J connectivity index is 2.02. The van der Waals surface area contributed by atoms with Gasteiger partial charge in [0.05, 0.1) is 0 Å². The van der Waals surface area contributed by atoms with Crippen LogP contribution in [0.25, 0.3) is 11.1 Å². The SMILES string of the molecule is C=CCc1cnc(C(=O)NN)c(-c2cnc(C3CC3)nc2)c1. The quantitative estimate of drug-likeness (QED) is 0.379. The first-order valence-corrected chi connectivity index (χ1v) is 7.16. The summed E-state index contributed by atoms with van der Waals surface area (Å²) < 4.78 is 0. The van der Waals surface area contributed by atoms with E-state index in [1.165, 1.54) is 0 Å². The molecule has 0 aromatic carbocycles. The number of nitrogens with one attached hydrogen (secondary N) is 1. The zero-order valence-electron chi connectivity index (χ0n) is 12.1. The first kappa shape index (κ1) is 14.3. The lowest BCUT2D eigenvalue weighted by Crippen LogP contribution is -2.31. The van der Waals surface area contributed by atoms with E-state index in [2.05, 4.69) is 27.0 Å². The van der Waals surface area contributed by atoms with Crippen molar-refractivity contribution in [2.24, 2.45) is 5.84 Å². The first-order valence-electron chi connectivity index (χ1n) is 7.16. The van der Waals surface area contributed by atoms with E-state index >= 15 is 0 Å². The number of allylic oxidation sites excluding steroid dienone is 1. The Labute approximate surface area is 128 Å². The maximum Gasteiger partial charge on any atom is 0.284 e. The van der Waals surface area contributed by atoms with Crippen LogP contribution in [0.1, 0.15) is 40.6 Å². The average Bonchev–Trinajstić information content (AvgIpc) is 3.39. The van der Waals surface area contributed by atoms with E-state index in [9.17, 15) is 4.79 Å². The standard InChI is InChI=1S/C16H17N5O/c1-2-3-10-6-13(14(18-7-10)16(22)21-17)12-8-19-15(20-9-12)11-4-5-11/h2,6-9,11H,1,3-5,17H2,(H,21,22). The predicted molar refractivity (Wildman–Crippen MR) is 82.8 cm³/mol. The number of nitrogens with zero attached hydrogens (tertiary/aromatic N) is 3. The van der Waals surface area contributed by atoms with E-state index in [0.717, 1.165) is 29.8 Å². The number of carbonyl (C=O) groups excluding carboxylic acids is 1. The van der Waals surface area contributed by atoms with Gasteiger partial charge in [0.1, 0.15) is 11.5 Å². The molecule has 2 heterocycles. The number of amides is 1. The Morgan fingerprint density at radius 3 is 2.64 bits per heavy atom. The van der Waals surface area contributed by atoms with Gasteiger partial charge < -0.3 is 0 Å². The highest BCUT2D eigenvalue weighted by atomic mass is 16.2. The molecule has 1 aliphatic carbocycles. The topological polar surface area (TPSA) is 93.8 Å². The molecule has 0 atom stereocenters. The lowest BCUT2D eigenvalue weighted by Gasteiger charge is -2.09. The lowest BCUT2D eigenvalue weighted by molar-refractivity contribution is 0.0949. The van der Waals surface area contributed by atoms with Crippen molar-refractivity contribution in [2.45, 2.75) is 25.2 Å². The molecule has 0 radical (unpaired) electrons. The molecular formula is C16H17N5O. The van der Waals surface area contributed by atoms with Crippen LogP contribution < -0.4 is 11.3 Å². The van der Waals surface area contributed by atoms with Gasteiger partial charge in [-0.3, -0.25) is 15.2 Å². The van der Waals surface area contributed by atoms with Crippen LogP contribution in [0.5, 0.6) is 0 Å². The minimum Gasteiger partial charge on any atom is -0.289 e. The molecule has 0 aliphatic heterocycles. The van der Waals surface area contributed by atoms with E-state index in [0.29, 0.717) is 17.9 Å². The summed E-state index contributed by atoms with van der Waals surface area (Å²) in [6, 6.07) is 1.90. The number of hydrogen-bond acceptors (Lipinski definition) is 5. The third-order valence-electron chi connectivity index (χ3n) is 3.60. The van der Waals surface area contributed by atoms with Crippen LogP contribution in [0, 0.1) is 0 Å². The third-order valence-corrected chi connectivity index (χ3v) is 3.60. The van der Waals surface area contributed by atoms with Crippen LogP contribution in [0.3, 0.4) is 0 Å². The Morgan fingerprint density at radius 2 is 2.05 bits per heavy atom. The number of nitrogens with two attached hydrogens (primary N) is 1. The molecule has 1 aliphatic rings. The summed E-state index contributed by atoms with van der Waals surface area (Å²) in [5, 5.41) is 0. The zero-order chi connectivity index (χ0) is 15.5. The molecule has 1 fully saturated rings. The molecule has 3 N–H and O–H groups in total. The summed E-state index contributed by atoms with van der Waals surface area (Å²) in [6.07, 6.45) is 9.88. The Bertz CT molecular complexity index is 707. The van der Waals surface area contributed by atoms with E-state index < -0.39 is 5.91 Å². The van der Waals surface area contributed by atoms with E-state index in [4.69, 9.17) is 5.84 Å². The molecule has 0 unspecified atom stereocenters. The van der Waals surface area contributed by atoms with Gasteiger partial charge in [-0.1, -0.05) is 6.08 Å². The second kappa shape index (κ2) is 6.03. The summed E-state index contributed by atoms with van der Waals surface area (Å²) in [4.78, 5) is 24.9. The fourth-order valence-corrected chi connectivity index (χ4v) is 2.29. The Kier molecular flexibility index (Phi) is 3.93. The van der Waals surface area contributed by atoms with Crippen molar-refractivity contribution in [3.63, 3.8) is 0 Å². The van der Waals surface area contributed by atoms with Crippen molar-refractivity contribution in [3.05, 3.63) is 54.4 Å². The van der Waals surface area contributed by atoms with Gasteiger partial charge in [-0.2, -0.15) is 0 Å². The molecule has 0 bridgehead atoms. The molecule has 0 spiro atoms. The van der Waals surface area contributed by atoms with Gasteiger partial charge in [0.2, 0.25) is 0 Å². The van der Waals surface area contributed by atoms with Gasteiger partial charge in [-0.25, -0.2) is 15.8 Å². The molecule has 2 aromatic rings. The molecule has 1 saturated carbocycles. The molecule has 6 heteroatoms. The molecule has 112 valence electrons. The monoisotopic (exact) mass is 295 g/mol. The van der Waals surface area contributed by atoms with Crippen molar-refractivity contribution in [3.8, 4) is 11.1 Å². The second-order valence-corrected chi connectivity index (χ2v) is 5.31. The summed E-state index contributed by atoms with van der Waals surface area (Å²) in [7, 11) is 0. The van der Waals surface area contributed by atoms with Crippen molar-refractivity contribution in [2.75, 3.05) is 0 Å². The van der Waals surface area contributed by atoms with Gasteiger partial charge in [-0.05, 0) is 30.9 Å². The maximum absolute atomic E-state index is 11.9. The second-order valence-electron chi connectivity index (χ2n) is 5.31. The van der Waals surface area contributed by atoms with Gasteiger partial charge in [0.15, 0.2) is 0 Å². The molecule has 2 aromatic heterocycles. The van der Waals surface area contributed by atoms with Crippen LogP contribution in [-0.2, 0) is 6.42 Å². The fraction of sp³-hybridized carbons (Fsp3) is 0.250. The molecular weight excluding hydrogens is 278 g/mol. The van der Waals surface area contributed by atoms with Crippen LogP contribution >= 0.6 is 0 Å². The molecule has 0 saturated heterocycles. The molecule has 22 heavy (non-hydrogen) atoms. The summed E-state index contributed by atoms with van der Waals surface area (Å²) in [6.45, 7) is 3.72. The lowest BCUT2D eigenvalue weighted by atomic mass is 10.0. The number of carbonyl (C=O) groups is 1. The van der Waals surface area contributed by atoms with Crippen LogP contribution in [0.2, 0.25) is 0 Å². The summed E-state index contributed by atoms with van der Waals surface area (Å²) in [5.74, 6) is 6.15. The minimum absolute atomic E-state index is 0.262. The molecule has 6 nitrogen and oxygen atoms in total. The Morgan fingerprint density at radius 1 is 1.32 bits per heavy atom. The number of hydrazine groups is 1. The number of rotatable bonds is 5. The highest BCUT2D eigenvalue weighted by Crippen LogP contribution is 2.38. The summed E-state index contributed by atoms with van der Waals surface area (Å²) >= 11 is 0. The first-order chi connectivity index (χ1) is 10.7. The largest absolute Gasteiger partial charge is 0.289 e. The Hall–Kier alpha value is -2.60. The maximum atomic E-state index is 11.9. The number of nitrogen functional groups attached to an aromatic ring is 1. The van der Waals surface area contributed by atoms with Crippen molar-refractivity contribution in [1.29, 1.82) is 0 Å². The van der Waals surface area contributed by atoms with Crippen molar-refractivity contribution >= 4 is 5.91 Å². The smallest absolute Gasteiger partial charge is 0.284 e. The normalized spacial score (nSPS) is 13.7. The zero-order valence-corrected chi connectivity index (χ0v) is 12.1. The van der Waals surface area contributed by atoms with Crippen molar-refractivity contribution in [1.82, 2.24) is 20.4 Å². The third kappa shape index (κ3) is 2.87. The molecule has 3 rings (SSSR count). The summed E-state index contributed by atoms with van der Waals surface area (Å²) in [5.41, 5.74) is 4.77. The van der Waals surface area contributed by atoms with E-state index in [-0.39, 0.29) is 5.69 Å².